The van der Waals surface area contributed by atoms with Crippen LogP contribution in [0.4, 0.5) is 4.79 Å². The predicted octanol–water partition coefficient (Wildman–Crippen LogP) is 2.16. The minimum atomic E-state index is -0.158. The fraction of sp³-hybridized carbons (Fsp3) is 0.500. The fourth-order valence-corrected chi connectivity index (χ4v) is 2.53. The van der Waals surface area contributed by atoms with Crippen LogP contribution in [-0.2, 0) is 5.41 Å². The molecule has 19 heavy (non-hydrogen) atoms. The first kappa shape index (κ1) is 14.3. The third-order valence-corrected chi connectivity index (χ3v) is 3.99. The Morgan fingerprint density at radius 3 is 2.79 bits per heavy atom. The van der Waals surface area contributed by atoms with Gasteiger partial charge < -0.3 is 15.7 Å². The van der Waals surface area contributed by atoms with Crippen molar-refractivity contribution in [1.29, 1.82) is 0 Å². The van der Waals surface area contributed by atoms with E-state index in [1.807, 2.05) is 12.1 Å². The van der Waals surface area contributed by atoms with Gasteiger partial charge in [-0.05, 0) is 37.0 Å². The lowest BCUT2D eigenvalue weighted by atomic mass is 9.96. The first-order valence-corrected chi connectivity index (χ1v) is 7.34. The smallest absolute Gasteiger partial charge is 0.314 e. The second-order valence-electron chi connectivity index (χ2n) is 4.98. The third kappa shape index (κ3) is 3.94. The van der Waals surface area contributed by atoms with E-state index in [2.05, 4.69) is 38.7 Å². The standard InChI is InChI=1S/C14H19BrN2O2/c15-12-4-1-3-11(9-12)14(5-6-14)10-17-13(19)16-7-2-8-18/h1,3-4,9,18H,2,5-8,10H2,(H2,16,17,19). The molecule has 0 saturated heterocycles. The summed E-state index contributed by atoms with van der Waals surface area (Å²) in [5.41, 5.74) is 1.38. The van der Waals surface area contributed by atoms with Crippen LogP contribution in [0.1, 0.15) is 24.8 Å². The first-order chi connectivity index (χ1) is 9.16. The maximum absolute atomic E-state index is 11.6. The van der Waals surface area contributed by atoms with E-state index in [1.165, 1.54) is 5.56 Å². The molecule has 0 bridgehead atoms. The molecular weight excluding hydrogens is 308 g/mol. The molecule has 1 fully saturated rings. The summed E-state index contributed by atoms with van der Waals surface area (Å²) < 4.78 is 1.07. The van der Waals surface area contributed by atoms with E-state index in [4.69, 9.17) is 5.11 Å². The van der Waals surface area contributed by atoms with Crippen molar-refractivity contribution in [3.63, 3.8) is 0 Å². The third-order valence-electron chi connectivity index (χ3n) is 3.50. The molecule has 4 nitrogen and oxygen atoms in total. The molecule has 5 heteroatoms. The second kappa shape index (κ2) is 6.39. The summed E-state index contributed by atoms with van der Waals surface area (Å²) in [5.74, 6) is 0. The van der Waals surface area contributed by atoms with Gasteiger partial charge in [0, 0.05) is 29.6 Å². The molecular formula is C14H19BrN2O2. The van der Waals surface area contributed by atoms with Crippen LogP contribution in [0.2, 0.25) is 0 Å². The lowest BCUT2D eigenvalue weighted by molar-refractivity contribution is 0.237. The minimum absolute atomic E-state index is 0.0995. The number of rotatable bonds is 6. The number of aliphatic hydroxyl groups excluding tert-OH is 1. The molecule has 0 radical (unpaired) electrons. The van der Waals surface area contributed by atoms with Crippen molar-refractivity contribution in [1.82, 2.24) is 10.6 Å². The number of carbonyl (C=O) groups is 1. The SMILES string of the molecule is O=C(NCCCO)NCC1(c2cccc(Br)c2)CC1. The molecule has 3 N–H and O–H groups in total. The number of carbonyl (C=O) groups excluding carboxylic acids is 1. The lowest BCUT2D eigenvalue weighted by Crippen LogP contribution is -2.40. The van der Waals surface area contributed by atoms with Crippen molar-refractivity contribution in [2.45, 2.75) is 24.7 Å². The number of halogens is 1. The Morgan fingerprint density at radius 1 is 1.37 bits per heavy atom. The van der Waals surface area contributed by atoms with Gasteiger partial charge in [-0.25, -0.2) is 4.79 Å². The molecule has 0 unspecified atom stereocenters. The normalized spacial score (nSPS) is 15.9. The summed E-state index contributed by atoms with van der Waals surface area (Å²) in [4.78, 5) is 11.6. The van der Waals surface area contributed by atoms with Crippen molar-refractivity contribution in [3.05, 3.63) is 34.3 Å². The van der Waals surface area contributed by atoms with Crippen LogP contribution >= 0.6 is 15.9 Å². The molecule has 0 heterocycles. The van der Waals surface area contributed by atoms with E-state index in [-0.39, 0.29) is 18.1 Å². The van der Waals surface area contributed by atoms with Crippen molar-refractivity contribution < 1.29 is 9.90 Å². The van der Waals surface area contributed by atoms with Gasteiger partial charge in [0.25, 0.3) is 0 Å². The van der Waals surface area contributed by atoms with E-state index in [0.717, 1.165) is 17.3 Å². The molecule has 1 saturated carbocycles. The predicted molar refractivity (Wildman–Crippen MR) is 78.2 cm³/mol. The zero-order valence-electron chi connectivity index (χ0n) is 10.8. The summed E-state index contributed by atoms with van der Waals surface area (Å²) in [6.07, 6.45) is 2.81. The fourth-order valence-electron chi connectivity index (χ4n) is 2.13. The van der Waals surface area contributed by atoms with Crippen LogP contribution < -0.4 is 10.6 Å². The Bertz CT molecular complexity index is 447. The number of urea groups is 1. The summed E-state index contributed by atoms with van der Waals surface area (Å²) in [6.45, 7) is 1.27. The Morgan fingerprint density at radius 2 is 2.16 bits per heavy atom. The van der Waals surface area contributed by atoms with Gasteiger partial charge in [0.2, 0.25) is 0 Å². The van der Waals surface area contributed by atoms with E-state index < -0.39 is 0 Å². The van der Waals surface area contributed by atoms with E-state index >= 15 is 0 Å². The zero-order chi connectivity index (χ0) is 13.7. The average Bonchev–Trinajstić information content (AvgIpc) is 3.18. The van der Waals surface area contributed by atoms with Gasteiger partial charge in [-0.2, -0.15) is 0 Å². The Labute approximate surface area is 121 Å². The van der Waals surface area contributed by atoms with Crippen molar-refractivity contribution in [2.75, 3.05) is 19.7 Å². The largest absolute Gasteiger partial charge is 0.396 e. The molecule has 104 valence electrons. The maximum atomic E-state index is 11.6. The van der Waals surface area contributed by atoms with Crippen LogP contribution in [-0.4, -0.2) is 30.8 Å². The molecule has 0 atom stereocenters. The number of benzene rings is 1. The molecule has 1 aliphatic rings. The highest BCUT2D eigenvalue weighted by atomic mass is 79.9. The molecule has 1 aromatic carbocycles. The average molecular weight is 327 g/mol. The van der Waals surface area contributed by atoms with E-state index in [1.54, 1.807) is 0 Å². The van der Waals surface area contributed by atoms with E-state index in [9.17, 15) is 4.79 Å². The highest BCUT2D eigenvalue weighted by Crippen LogP contribution is 2.48. The van der Waals surface area contributed by atoms with Crippen LogP contribution in [0.5, 0.6) is 0 Å². The second-order valence-corrected chi connectivity index (χ2v) is 5.89. The molecule has 1 aromatic rings. The van der Waals surface area contributed by atoms with Crippen LogP contribution in [0.3, 0.4) is 0 Å². The summed E-state index contributed by atoms with van der Waals surface area (Å²) >= 11 is 3.48. The Balaban J connectivity index is 1.84. The van der Waals surface area contributed by atoms with Gasteiger partial charge in [0.05, 0.1) is 0 Å². The van der Waals surface area contributed by atoms with Gasteiger partial charge in [-0.15, -0.1) is 0 Å². The lowest BCUT2D eigenvalue weighted by Gasteiger charge is -2.17. The minimum Gasteiger partial charge on any atom is -0.396 e. The maximum Gasteiger partial charge on any atom is 0.314 e. The molecule has 1 aliphatic carbocycles. The molecule has 0 spiro atoms. The van der Waals surface area contributed by atoms with Gasteiger partial charge >= 0.3 is 6.03 Å². The van der Waals surface area contributed by atoms with Gasteiger partial charge in [-0.1, -0.05) is 28.1 Å². The first-order valence-electron chi connectivity index (χ1n) is 6.55. The molecule has 0 aromatic heterocycles. The number of hydrogen-bond acceptors (Lipinski definition) is 2. The number of amides is 2. The van der Waals surface area contributed by atoms with Crippen LogP contribution in [0, 0.1) is 0 Å². The number of aliphatic hydroxyl groups is 1. The highest BCUT2D eigenvalue weighted by molar-refractivity contribution is 9.10. The zero-order valence-corrected chi connectivity index (χ0v) is 12.4. The Hall–Kier alpha value is -1.07. The molecule has 0 aliphatic heterocycles. The molecule has 2 rings (SSSR count). The van der Waals surface area contributed by atoms with Crippen LogP contribution in [0.15, 0.2) is 28.7 Å². The van der Waals surface area contributed by atoms with Crippen molar-refractivity contribution in [3.8, 4) is 0 Å². The highest BCUT2D eigenvalue weighted by Gasteiger charge is 2.44. The summed E-state index contributed by atoms with van der Waals surface area (Å²) in [7, 11) is 0. The van der Waals surface area contributed by atoms with Crippen molar-refractivity contribution in [2.24, 2.45) is 0 Å². The van der Waals surface area contributed by atoms with E-state index in [0.29, 0.717) is 19.5 Å². The molecule has 2 amide bonds. The van der Waals surface area contributed by atoms with Gasteiger partial charge in [0.1, 0.15) is 0 Å². The van der Waals surface area contributed by atoms with Crippen molar-refractivity contribution >= 4 is 22.0 Å². The van der Waals surface area contributed by atoms with Gasteiger partial charge in [0.15, 0.2) is 0 Å². The summed E-state index contributed by atoms with van der Waals surface area (Å²) in [6, 6.07) is 8.12. The monoisotopic (exact) mass is 326 g/mol. The summed E-state index contributed by atoms with van der Waals surface area (Å²) in [5, 5.41) is 14.3. The number of nitrogens with one attached hydrogen (secondary N) is 2. The Kier molecular flexibility index (Phi) is 4.82. The van der Waals surface area contributed by atoms with Gasteiger partial charge in [-0.3, -0.25) is 0 Å². The van der Waals surface area contributed by atoms with Crippen LogP contribution in [0.25, 0.3) is 0 Å². The number of hydrogen-bond donors (Lipinski definition) is 3. The quantitative estimate of drug-likeness (QED) is 0.701. The topological polar surface area (TPSA) is 61.4 Å².